The van der Waals surface area contributed by atoms with Gasteiger partial charge in [-0.1, -0.05) is 5.16 Å². The Kier molecular flexibility index (Phi) is 4.64. The number of likely N-dealkylation sites (N-methyl/N-ethyl adjacent to an activating group) is 1. The number of rotatable bonds is 5. The van der Waals surface area contributed by atoms with E-state index in [1.807, 2.05) is 19.0 Å². The lowest BCUT2D eigenvalue weighted by atomic mass is 10.1. The van der Waals surface area contributed by atoms with Crippen molar-refractivity contribution >= 4 is 5.91 Å². The van der Waals surface area contributed by atoms with Gasteiger partial charge in [0.1, 0.15) is 0 Å². The van der Waals surface area contributed by atoms with Crippen LogP contribution in [0.25, 0.3) is 11.3 Å². The van der Waals surface area contributed by atoms with Crippen LogP contribution in [0.1, 0.15) is 10.5 Å². The molecule has 0 atom stereocenters. The second kappa shape index (κ2) is 6.45. The summed E-state index contributed by atoms with van der Waals surface area (Å²) in [5, 5.41) is 6.30. The topological polar surface area (TPSA) is 58.4 Å². The first kappa shape index (κ1) is 15.1. The highest BCUT2D eigenvalue weighted by Crippen LogP contribution is 2.22. The van der Waals surface area contributed by atoms with Gasteiger partial charge in [0.15, 0.2) is 23.1 Å². The second-order valence-electron chi connectivity index (χ2n) is 4.76. The van der Waals surface area contributed by atoms with Crippen LogP contribution < -0.4 is 5.32 Å². The Labute approximate surface area is 120 Å². The molecule has 1 N–H and O–H groups in total. The predicted molar refractivity (Wildman–Crippen MR) is 72.7 cm³/mol. The highest BCUT2D eigenvalue weighted by molar-refractivity contribution is 5.93. The Morgan fingerprint density at radius 2 is 2.05 bits per heavy atom. The van der Waals surface area contributed by atoms with Crippen molar-refractivity contribution in [3.05, 3.63) is 41.6 Å². The van der Waals surface area contributed by atoms with E-state index in [0.29, 0.717) is 18.7 Å². The number of nitrogens with one attached hydrogen (secondary N) is 1. The first-order valence-electron chi connectivity index (χ1n) is 6.32. The SMILES string of the molecule is CN(C)CCNC(=O)c1cc(-c2ccc(F)c(F)c2)on1. The number of carbonyl (C=O) groups excluding carboxylic acids is 1. The molecular weight excluding hydrogens is 280 g/mol. The molecule has 21 heavy (non-hydrogen) atoms. The summed E-state index contributed by atoms with van der Waals surface area (Å²) < 4.78 is 31.0. The molecule has 0 bridgehead atoms. The van der Waals surface area contributed by atoms with Gasteiger partial charge in [0.2, 0.25) is 0 Å². The maximum atomic E-state index is 13.2. The second-order valence-corrected chi connectivity index (χ2v) is 4.76. The summed E-state index contributed by atoms with van der Waals surface area (Å²) in [6.07, 6.45) is 0. The van der Waals surface area contributed by atoms with Crippen LogP contribution in [-0.2, 0) is 0 Å². The highest BCUT2D eigenvalue weighted by Gasteiger charge is 2.14. The lowest BCUT2D eigenvalue weighted by molar-refractivity contribution is 0.0942. The smallest absolute Gasteiger partial charge is 0.273 e. The summed E-state index contributed by atoms with van der Waals surface area (Å²) in [5.74, 6) is -2.11. The number of nitrogens with zero attached hydrogens (tertiary/aromatic N) is 2. The minimum Gasteiger partial charge on any atom is -0.355 e. The molecule has 0 aliphatic heterocycles. The lowest BCUT2D eigenvalue weighted by Gasteiger charge is -2.08. The highest BCUT2D eigenvalue weighted by atomic mass is 19.2. The number of hydrogen-bond donors (Lipinski definition) is 1. The van der Waals surface area contributed by atoms with Crippen LogP contribution in [-0.4, -0.2) is 43.1 Å². The van der Waals surface area contributed by atoms with Crippen LogP contribution in [0.15, 0.2) is 28.8 Å². The van der Waals surface area contributed by atoms with Gasteiger partial charge in [0.25, 0.3) is 5.91 Å². The van der Waals surface area contributed by atoms with E-state index in [0.717, 1.165) is 12.1 Å². The van der Waals surface area contributed by atoms with Crippen molar-refractivity contribution in [1.29, 1.82) is 0 Å². The maximum Gasteiger partial charge on any atom is 0.273 e. The average molecular weight is 295 g/mol. The number of amides is 1. The third kappa shape index (κ3) is 3.85. The van der Waals surface area contributed by atoms with Crippen LogP contribution in [0, 0.1) is 11.6 Å². The third-order valence-electron chi connectivity index (χ3n) is 2.79. The lowest BCUT2D eigenvalue weighted by Crippen LogP contribution is -2.31. The van der Waals surface area contributed by atoms with Crippen molar-refractivity contribution in [2.75, 3.05) is 27.2 Å². The van der Waals surface area contributed by atoms with E-state index in [1.165, 1.54) is 12.1 Å². The summed E-state index contributed by atoms with van der Waals surface area (Å²) >= 11 is 0. The van der Waals surface area contributed by atoms with Crippen molar-refractivity contribution in [2.45, 2.75) is 0 Å². The summed E-state index contributed by atoms with van der Waals surface area (Å²) in [6.45, 7) is 1.17. The van der Waals surface area contributed by atoms with Gasteiger partial charge in [-0.05, 0) is 32.3 Å². The molecule has 0 saturated carbocycles. The third-order valence-corrected chi connectivity index (χ3v) is 2.79. The quantitative estimate of drug-likeness (QED) is 0.915. The zero-order chi connectivity index (χ0) is 15.4. The molecule has 0 spiro atoms. The molecule has 1 heterocycles. The van der Waals surface area contributed by atoms with E-state index in [1.54, 1.807) is 0 Å². The predicted octanol–water partition coefficient (Wildman–Crippen LogP) is 1.91. The molecule has 7 heteroatoms. The number of aromatic nitrogens is 1. The van der Waals surface area contributed by atoms with Gasteiger partial charge in [-0.3, -0.25) is 4.79 Å². The Balaban J connectivity index is 2.07. The normalized spacial score (nSPS) is 10.9. The largest absolute Gasteiger partial charge is 0.355 e. The summed E-state index contributed by atoms with van der Waals surface area (Å²) in [4.78, 5) is 13.7. The average Bonchev–Trinajstić information content (AvgIpc) is 2.91. The fraction of sp³-hybridized carbons (Fsp3) is 0.286. The number of benzene rings is 1. The number of hydrogen-bond acceptors (Lipinski definition) is 4. The van der Waals surface area contributed by atoms with Crippen molar-refractivity contribution in [3.8, 4) is 11.3 Å². The molecule has 0 fully saturated rings. The van der Waals surface area contributed by atoms with E-state index in [-0.39, 0.29) is 17.4 Å². The molecule has 1 aromatic heterocycles. The molecule has 2 rings (SSSR count). The van der Waals surface area contributed by atoms with E-state index >= 15 is 0 Å². The molecule has 1 aromatic carbocycles. The molecule has 1 amide bonds. The molecule has 0 radical (unpaired) electrons. The molecule has 0 unspecified atom stereocenters. The van der Waals surface area contributed by atoms with Crippen molar-refractivity contribution < 1.29 is 18.1 Å². The van der Waals surface area contributed by atoms with Gasteiger partial charge in [-0.15, -0.1) is 0 Å². The van der Waals surface area contributed by atoms with E-state index < -0.39 is 11.6 Å². The number of halogens is 2. The minimum absolute atomic E-state index is 0.0912. The van der Waals surface area contributed by atoms with E-state index in [9.17, 15) is 13.6 Å². The van der Waals surface area contributed by atoms with Gasteiger partial charge >= 0.3 is 0 Å². The Hall–Kier alpha value is -2.28. The Morgan fingerprint density at radius 1 is 1.29 bits per heavy atom. The van der Waals surface area contributed by atoms with Crippen LogP contribution >= 0.6 is 0 Å². The fourth-order valence-electron chi connectivity index (χ4n) is 1.65. The summed E-state index contributed by atoms with van der Waals surface area (Å²) in [7, 11) is 3.78. The monoisotopic (exact) mass is 295 g/mol. The van der Waals surface area contributed by atoms with Gasteiger partial charge in [0, 0.05) is 24.7 Å². The van der Waals surface area contributed by atoms with Crippen LogP contribution in [0.4, 0.5) is 8.78 Å². The molecule has 0 aliphatic rings. The maximum absolute atomic E-state index is 13.2. The van der Waals surface area contributed by atoms with Crippen LogP contribution in [0.2, 0.25) is 0 Å². The summed E-state index contributed by atoms with van der Waals surface area (Å²) in [6, 6.07) is 4.72. The molecule has 112 valence electrons. The zero-order valence-electron chi connectivity index (χ0n) is 11.7. The molecule has 5 nitrogen and oxygen atoms in total. The first-order chi connectivity index (χ1) is 9.97. The summed E-state index contributed by atoms with van der Waals surface area (Å²) in [5.41, 5.74) is 0.405. The van der Waals surface area contributed by atoms with E-state index in [4.69, 9.17) is 4.52 Å². The Bertz CT molecular complexity index is 641. The molecular formula is C14H15F2N3O2. The Morgan fingerprint density at radius 3 is 2.71 bits per heavy atom. The van der Waals surface area contributed by atoms with Gasteiger partial charge in [-0.2, -0.15) is 0 Å². The molecule has 0 saturated heterocycles. The molecule has 0 aliphatic carbocycles. The van der Waals surface area contributed by atoms with Gasteiger partial charge in [-0.25, -0.2) is 8.78 Å². The van der Waals surface area contributed by atoms with Crippen LogP contribution in [0.3, 0.4) is 0 Å². The van der Waals surface area contributed by atoms with Gasteiger partial charge in [0.05, 0.1) is 0 Å². The van der Waals surface area contributed by atoms with Crippen molar-refractivity contribution in [2.24, 2.45) is 0 Å². The van der Waals surface area contributed by atoms with Crippen molar-refractivity contribution in [3.63, 3.8) is 0 Å². The van der Waals surface area contributed by atoms with Gasteiger partial charge < -0.3 is 14.7 Å². The van der Waals surface area contributed by atoms with E-state index in [2.05, 4.69) is 10.5 Å². The zero-order valence-corrected chi connectivity index (χ0v) is 11.7. The van der Waals surface area contributed by atoms with Crippen LogP contribution in [0.5, 0.6) is 0 Å². The minimum atomic E-state index is -0.985. The van der Waals surface area contributed by atoms with Crippen molar-refractivity contribution in [1.82, 2.24) is 15.4 Å². The fourth-order valence-corrected chi connectivity index (χ4v) is 1.65. The molecule has 2 aromatic rings. The first-order valence-corrected chi connectivity index (χ1v) is 6.32. The standard InChI is InChI=1S/C14H15F2N3O2/c1-19(2)6-5-17-14(20)12-8-13(21-18-12)9-3-4-10(15)11(16)7-9/h3-4,7-8H,5-6H2,1-2H3,(H,17,20). The number of carbonyl (C=O) groups is 1.